The molecule has 1 aromatic rings. The van der Waals surface area contributed by atoms with Gasteiger partial charge in [-0.3, -0.25) is 4.98 Å². The summed E-state index contributed by atoms with van der Waals surface area (Å²) in [6.45, 7) is 6.55. The summed E-state index contributed by atoms with van der Waals surface area (Å²) in [5, 5.41) is 9.74. The Bertz CT molecular complexity index is 724. The number of amides is 1. The highest BCUT2D eigenvalue weighted by atomic mass is 35.5. The fourth-order valence-corrected chi connectivity index (χ4v) is 4.30. The second-order valence-corrected chi connectivity index (χ2v) is 10.0. The van der Waals surface area contributed by atoms with E-state index in [1.807, 2.05) is 26.8 Å². The minimum Gasteiger partial charge on any atom is -0.591 e. The molecular weight excluding hydrogens is 362 g/mol. The molecule has 0 bridgehead atoms. The van der Waals surface area contributed by atoms with Crippen LogP contribution in [-0.4, -0.2) is 49.2 Å². The van der Waals surface area contributed by atoms with Gasteiger partial charge in [0.2, 0.25) is 0 Å². The number of hydrogen-bond donors (Lipinski definition) is 1. The van der Waals surface area contributed by atoms with Crippen LogP contribution in [0.4, 0.5) is 4.79 Å². The standard InChI is InChI=1S/C17H22ClN3O3S/c1-16(2,3)25(24)20-14-12-8-11(18)10-19-13(12)9-17(14)4-6-21(7-5-17)15(22)23/h8,10H,4-7,9H2,1-3H3,(H,22,23). The normalized spacial score (nSPS) is 22.3. The van der Waals surface area contributed by atoms with Gasteiger partial charge in [0.15, 0.2) is 0 Å². The first-order chi connectivity index (χ1) is 11.6. The Labute approximate surface area is 155 Å². The predicted octanol–water partition coefficient (Wildman–Crippen LogP) is 3.30. The summed E-state index contributed by atoms with van der Waals surface area (Å²) >= 11 is 4.73. The number of pyridine rings is 1. The molecule has 6 nitrogen and oxygen atoms in total. The van der Waals surface area contributed by atoms with Gasteiger partial charge < -0.3 is 14.6 Å². The molecule has 1 unspecified atom stereocenters. The molecule has 1 N–H and O–H groups in total. The lowest BCUT2D eigenvalue weighted by atomic mass is 9.75. The summed E-state index contributed by atoms with van der Waals surface area (Å²) in [5.41, 5.74) is 2.22. The Kier molecular flexibility index (Phi) is 4.77. The first-order valence-electron chi connectivity index (χ1n) is 8.26. The van der Waals surface area contributed by atoms with Crippen LogP contribution in [0.15, 0.2) is 16.7 Å². The number of fused-ring (bicyclic) bond motifs is 1. The van der Waals surface area contributed by atoms with E-state index >= 15 is 0 Å². The zero-order valence-electron chi connectivity index (χ0n) is 14.6. The topological polar surface area (TPSA) is 88.9 Å². The molecule has 1 aliphatic carbocycles. The van der Waals surface area contributed by atoms with Crippen LogP contribution in [0.3, 0.4) is 0 Å². The van der Waals surface area contributed by atoms with E-state index in [9.17, 15) is 14.5 Å². The number of aromatic nitrogens is 1. The molecule has 1 aliphatic heterocycles. The lowest BCUT2D eigenvalue weighted by Gasteiger charge is -2.38. The molecule has 136 valence electrons. The average molecular weight is 384 g/mol. The highest BCUT2D eigenvalue weighted by molar-refractivity contribution is 7.91. The second kappa shape index (κ2) is 6.45. The Morgan fingerprint density at radius 2 is 2.08 bits per heavy atom. The van der Waals surface area contributed by atoms with Crippen LogP contribution >= 0.6 is 11.6 Å². The number of carbonyl (C=O) groups is 1. The third kappa shape index (κ3) is 3.50. The van der Waals surface area contributed by atoms with Crippen LogP contribution in [0.25, 0.3) is 0 Å². The van der Waals surface area contributed by atoms with Crippen molar-refractivity contribution < 1.29 is 14.5 Å². The molecule has 0 aromatic carbocycles. The molecule has 0 saturated carbocycles. The Hall–Kier alpha value is -1.31. The van der Waals surface area contributed by atoms with E-state index in [-0.39, 0.29) is 5.41 Å². The quantitative estimate of drug-likeness (QED) is 0.753. The minimum atomic E-state index is -1.40. The molecule has 1 spiro atoms. The van der Waals surface area contributed by atoms with Gasteiger partial charge in [0.05, 0.1) is 10.7 Å². The molecule has 1 aromatic heterocycles. The molecular formula is C17H22ClN3O3S. The van der Waals surface area contributed by atoms with Crippen molar-refractivity contribution in [2.75, 3.05) is 13.1 Å². The van der Waals surface area contributed by atoms with Crippen LogP contribution in [0.2, 0.25) is 5.02 Å². The van der Waals surface area contributed by atoms with Crippen LogP contribution in [0.1, 0.15) is 44.9 Å². The number of halogens is 1. The SMILES string of the molecule is CC(C)(C)[S+]([O-])N=C1c2cc(Cl)cnc2CC12CCN(C(=O)O)CC2. The fraction of sp³-hybridized carbons (Fsp3) is 0.588. The lowest BCUT2D eigenvalue weighted by Crippen LogP contribution is -2.45. The molecule has 2 aliphatic rings. The maximum absolute atomic E-state index is 12.7. The van der Waals surface area contributed by atoms with Gasteiger partial charge in [0, 0.05) is 36.7 Å². The summed E-state index contributed by atoms with van der Waals surface area (Å²) in [6, 6.07) is 1.83. The second-order valence-electron chi connectivity index (χ2n) is 7.68. The largest absolute Gasteiger partial charge is 0.591 e. The summed E-state index contributed by atoms with van der Waals surface area (Å²) in [6.07, 6.45) is 2.70. The van der Waals surface area contributed by atoms with Gasteiger partial charge >= 0.3 is 6.09 Å². The van der Waals surface area contributed by atoms with Crippen molar-refractivity contribution in [1.82, 2.24) is 9.88 Å². The summed E-state index contributed by atoms with van der Waals surface area (Å²) in [5.74, 6) is 0. The molecule has 1 amide bonds. The molecule has 1 saturated heterocycles. The zero-order chi connectivity index (χ0) is 18.4. The number of nitrogens with zero attached hydrogens (tertiary/aromatic N) is 3. The highest BCUT2D eigenvalue weighted by Gasteiger charge is 2.48. The maximum atomic E-state index is 12.7. The molecule has 1 atom stereocenters. The van der Waals surface area contributed by atoms with E-state index in [4.69, 9.17) is 11.6 Å². The van der Waals surface area contributed by atoms with E-state index in [2.05, 4.69) is 9.38 Å². The van der Waals surface area contributed by atoms with E-state index in [0.717, 1.165) is 17.0 Å². The van der Waals surface area contributed by atoms with E-state index < -0.39 is 22.2 Å². The van der Waals surface area contributed by atoms with Crippen molar-refractivity contribution in [3.63, 3.8) is 0 Å². The molecule has 8 heteroatoms. The summed E-state index contributed by atoms with van der Waals surface area (Å²) in [4.78, 5) is 17.1. The van der Waals surface area contributed by atoms with E-state index in [0.29, 0.717) is 37.4 Å². The summed E-state index contributed by atoms with van der Waals surface area (Å²) in [7, 11) is 0. The first kappa shape index (κ1) is 18.5. The predicted molar refractivity (Wildman–Crippen MR) is 98.6 cm³/mol. The van der Waals surface area contributed by atoms with E-state index in [1.54, 1.807) is 6.20 Å². The van der Waals surface area contributed by atoms with Crippen molar-refractivity contribution in [3.05, 3.63) is 28.5 Å². The third-order valence-electron chi connectivity index (χ3n) is 4.89. The van der Waals surface area contributed by atoms with Gasteiger partial charge in [-0.15, -0.1) is 0 Å². The van der Waals surface area contributed by atoms with Crippen molar-refractivity contribution in [1.29, 1.82) is 0 Å². The zero-order valence-corrected chi connectivity index (χ0v) is 16.2. The van der Waals surface area contributed by atoms with Crippen molar-refractivity contribution in [2.45, 2.75) is 44.8 Å². The monoisotopic (exact) mass is 383 g/mol. The van der Waals surface area contributed by atoms with Gasteiger partial charge in [0.1, 0.15) is 21.8 Å². The number of piperidine rings is 1. The van der Waals surface area contributed by atoms with E-state index in [1.165, 1.54) is 4.90 Å². The van der Waals surface area contributed by atoms with Gasteiger partial charge in [-0.1, -0.05) is 16.0 Å². The molecule has 0 radical (unpaired) electrons. The smallest absolute Gasteiger partial charge is 0.407 e. The molecule has 25 heavy (non-hydrogen) atoms. The lowest BCUT2D eigenvalue weighted by molar-refractivity contribution is 0.114. The van der Waals surface area contributed by atoms with Crippen molar-refractivity contribution in [2.24, 2.45) is 9.81 Å². The highest BCUT2D eigenvalue weighted by Crippen LogP contribution is 2.45. The summed E-state index contributed by atoms with van der Waals surface area (Å²) < 4.78 is 16.8. The van der Waals surface area contributed by atoms with Crippen molar-refractivity contribution in [3.8, 4) is 0 Å². The van der Waals surface area contributed by atoms with Crippen molar-refractivity contribution >= 4 is 34.8 Å². The Morgan fingerprint density at radius 1 is 1.44 bits per heavy atom. The molecule has 2 heterocycles. The van der Waals surface area contributed by atoms with Crippen LogP contribution in [0.5, 0.6) is 0 Å². The number of rotatable bonds is 1. The maximum Gasteiger partial charge on any atom is 0.407 e. The van der Waals surface area contributed by atoms with Gasteiger partial charge in [-0.2, -0.15) is 0 Å². The minimum absolute atomic E-state index is 0.313. The number of likely N-dealkylation sites (tertiary alicyclic amines) is 1. The molecule has 1 fully saturated rings. The first-order valence-corrected chi connectivity index (χ1v) is 9.75. The van der Waals surface area contributed by atoms with Crippen LogP contribution in [-0.2, 0) is 17.8 Å². The van der Waals surface area contributed by atoms with Gasteiger partial charge in [-0.05, 0) is 39.7 Å². The molecule has 3 rings (SSSR count). The Balaban J connectivity index is 2.01. The Morgan fingerprint density at radius 3 is 2.64 bits per heavy atom. The number of carboxylic acid groups (broad SMARTS) is 1. The van der Waals surface area contributed by atoms with Gasteiger partial charge in [0.25, 0.3) is 0 Å². The van der Waals surface area contributed by atoms with Gasteiger partial charge in [-0.25, -0.2) is 4.79 Å². The van der Waals surface area contributed by atoms with Crippen LogP contribution < -0.4 is 0 Å². The average Bonchev–Trinajstić information content (AvgIpc) is 2.80. The van der Waals surface area contributed by atoms with Crippen LogP contribution in [0, 0.1) is 5.41 Å². The fourth-order valence-electron chi connectivity index (χ4n) is 3.41. The third-order valence-corrected chi connectivity index (χ3v) is 6.49. The number of hydrogen-bond acceptors (Lipinski definition) is 4.